The normalized spacial score (nSPS) is 12.6. The van der Waals surface area contributed by atoms with E-state index in [1.807, 2.05) is 0 Å². The molecule has 0 radical (unpaired) electrons. The number of anilines is 1. The van der Waals surface area contributed by atoms with Crippen LogP contribution in [-0.2, 0) is 33.7 Å². The zero-order valence-electron chi connectivity index (χ0n) is 19.9. The topological polar surface area (TPSA) is 117 Å². The number of hydrogen-bond acceptors (Lipinski definition) is 9. The molecule has 0 unspecified atom stereocenters. The monoisotopic (exact) mass is 527 g/mol. The first kappa shape index (κ1) is 25.6. The van der Waals surface area contributed by atoms with Gasteiger partial charge in [-0.15, -0.1) is 17.9 Å². The van der Waals surface area contributed by atoms with Crippen molar-refractivity contribution in [2.24, 2.45) is 0 Å². The lowest BCUT2D eigenvalue weighted by Crippen LogP contribution is -2.24. The number of esters is 2. The number of methoxy groups -OCH3 is 2. The third-order valence-electron chi connectivity index (χ3n) is 5.74. The van der Waals surface area contributed by atoms with Crippen molar-refractivity contribution >= 4 is 56.8 Å². The van der Waals surface area contributed by atoms with Gasteiger partial charge in [0.15, 0.2) is 5.16 Å². The van der Waals surface area contributed by atoms with Crippen LogP contribution in [0.1, 0.15) is 44.0 Å². The highest BCUT2D eigenvalue weighted by Crippen LogP contribution is 2.34. The van der Waals surface area contributed by atoms with Gasteiger partial charge in [0.2, 0.25) is 5.91 Å². The molecule has 3 aromatic rings. The lowest BCUT2D eigenvalue weighted by molar-refractivity contribution is -0.113. The number of carbonyl (C=O) groups is 3. The highest BCUT2D eigenvalue weighted by molar-refractivity contribution is 7.99. The van der Waals surface area contributed by atoms with Crippen molar-refractivity contribution in [3.8, 4) is 0 Å². The fourth-order valence-corrected chi connectivity index (χ4v) is 6.23. The van der Waals surface area contributed by atoms with Gasteiger partial charge in [-0.3, -0.25) is 14.2 Å². The second kappa shape index (κ2) is 11.1. The van der Waals surface area contributed by atoms with E-state index in [2.05, 4.69) is 11.9 Å². The highest BCUT2D eigenvalue weighted by Gasteiger charge is 2.22. The smallest absolute Gasteiger partial charge is 0.337 e. The molecule has 0 atom stereocenters. The van der Waals surface area contributed by atoms with Crippen molar-refractivity contribution in [2.45, 2.75) is 37.4 Å². The number of thioether (sulfide) groups is 1. The molecular weight excluding hydrogens is 502 g/mol. The second-order valence-corrected chi connectivity index (χ2v) is 10.1. The average molecular weight is 528 g/mol. The molecule has 188 valence electrons. The SMILES string of the molecule is C=CCn1c(SCC(=O)Nc2cc(C(=O)OC)cc(C(=O)OC)c2)nc2sc3c(c2c1=O)CCCC3. The first-order chi connectivity index (χ1) is 17.4. The molecule has 4 rings (SSSR count). The van der Waals surface area contributed by atoms with Crippen LogP contribution < -0.4 is 10.9 Å². The number of amides is 1. The molecule has 11 heteroatoms. The Labute approximate surface area is 215 Å². The predicted octanol–water partition coefficient (Wildman–Crippen LogP) is 3.83. The number of nitrogens with zero attached hydrogens (tertiary/aromatic N) is 2. The van der Waals surface area contributed by atoms with Gasteiger partial charge in [-0.1, -0.05) is 17.8 Å². The summed E-state index contributed by atoms with van der Waals surface area (Å²) in [5.41, 5.74) is 1.42. The first-order valence-corrected chi connectivity index (χ1v) is 13.1. The van der Waals surface area contributed by atoms with Gasteiger partial charge in [0.05, 0.1) is 36.5 Å². The van der Waals surface area contributed by atoms with Crippen LogP contribution in [0.25, 0.3) is 10.2 Å². The fourth-order valence-electron chi connectivity index (χ4n) is 4.12. The van der Waals surface area contributed by atoms with Crippen molar-refractivity contribution in [3.05, 3.63) is 62.8 Å². The molecule has 0 saturated heterocycles. The van der Waals surface area contributed by atoms with Crippen LogP contribution in [0.5, 0.6) is 0 Å². The average Bonchev–Trinajstić information content (AvgIpc) is 3.26. The number of nitrogens with one attached hydrogen (secondary N) is 1. The molecule has 2 heterocycles. The standard InChI is InChI=1S/C25H25N3O6S2/c1-4-9-28-22(30)20-17-7-5-6-8-18(17)36-21(20)27-25(28)35-13-19(29)26-16-11-14(23(31)33-2)10-15(12-16)24(32)34-3/h4,10-12H,1,5-9,13H2,2-3H3,(H,26,29). The van der Waals surface area contributed by atoms with E-state index in [0.29, 0.717) is 15.4 Å². The quantitative estimate of drug-likeness (QED) is 0.203. The Kier molecular flexibility index (Phi) is 7.90. The molecule has 1 aromatic carbocycles. The summed E-state index contributed by atoms with van der Waals surface area (Å²) in [5, 5.41) is 3.80. The molecule has 2 aromatic heterocycles. The lowest BCUT2D eigenvalue weighted by atomic mass is 9.97. The maximum Gasteiger partial charge on any atom is 0.337 e. The molecular formula is C25H25N3O6S2. The number of aryl methyl sites for hydroxylation is 2. The number of fused-ring (bicyclic) bond motifs is 3. The molecule has 1 amide bonds. The Hall–Kier alpha value is -3.44. The summed E-state index contributed by atoms with van der Waals surface area (Å²) in [6.07, 6.45) is 5.64. The fraction of sp³-hybridized carbons (Fsp3) is 0.320. The maximum atomic E-state index is 13.3. The van der Waals surface area contributed by atoms with E-state index in [1.54, 1.807) is 22.0 Å². The summed E-state index contributed by atoms with van der Waals surface area (Å²) >= 11 is 2.69. The van der Waals surface area contributed by atoms with Gasteiger partial charge < -0.3 is 14.8 Å². The third kappa shape index (κ3) is 5.21. The van der Waals surface area contributed by atoms with E-state index < -0.39 is 17.8 Å². The molecule has 0 saturated carbocycles. The van der Waals surface area contributed by atoms with Crippen LogP contribution in [-0.4, -0.2) is 47.4 Å². The van der Waals surface area contributed by atoms with Crippen molar-refractivity contribution in [1.82, 2.24) is 9.55 Å². The van der Waals surface area contributed by atoms with Gasteiger partial charge in [0.1, 0.15) is 4.83 Å². The zero-order chi connectivity index (χ0) is 25.8. The molecule has 0 spiro atoms. The minimum atomic E-state index is -0.657. The van der Waals surface area contributed by atoms with Gasteiger partial charge in [-0.25, -0.2) is 14.6 Å². The Bertz CT molecular complexity index is 1390. The van der Waals surface area contributed by atoms with Crippen LogP contribution >= 0.6 is 23.1 Å². The summed E-state index contributed by atoms with van der Waals surface area (Å²) in [4.78, 5) is 56.8. The molecule has 1 N–H and O–H groups in total. The number of aromatic nitrogens is 2. The van der Waals surface area contributed by atoms with Gasteiger partial charge in [-0.05, 0) is 49.4 Å². The molecule has 0 fully saturated rings. The Morgan fingerprint density at radius 3 is 2.44 bits per heavy atom. The van der Waals surface area contributed by atoms with E-state index in [0.717, 1.165) is 43.0 Å². The minimum absolute atomic E-state index is 0.0454. The number of hydrogen-bond donors (Lipinski definition) is 1. The molecule has 0 bridgehead atoms. The minimum Gasteiger partial charge on any atom is -0.465 e. The number of rotatable bonds is 8. The van der Waals surface area contributed by atoms with Crippen LogP contribution in [0.15, 0.2) is 40.8 Å². The summed E-state index contributed by atoms with van der Waals surface area (Å²) in [5.74, 6) is -1.76. The van der Waals surface area contributed by atoms with Crippen molar-refractivity contribution in [1.29, 1.82) is 0 Å². The van der Waals surface area contributed by atoms with Gasteiger partial charge in [0.25, 0.3) is 5.56 Å². The van der Waals surface area contributed by atoms with Crippen LogP contribution in [0.3, 0.4) is 0 Å². The third-order valence-corrected chi connectivity index (χ3v) is 7.90. The predicted molar refractivity (Wildman–Crippen MR) is 139 cm³/mol. The van der Waals surface area contributed by atoms with E-state index in [9.17, 15) is 19.2 Å². The van der Waals surface area contributed by atoms with Crippen LogP contribution in [0.2, 0.25) is 0 Å². The summed E-state index contributed by atoms with van der Waals surface area (Å²) in [6, 6.07) is 4.15. The van der Waals surface area contributed by atoms with Crippen molar-refractivity contribution < 1.29 is 23.9 Å². The number of carbonyl (C=O) groups excluding carboxylic acids is 3. The Morgan fingerprint density at radius 1 is 1.14 bits per heavy atom. The lowest BCUT2D eigenvalue weighted by Gasteiger charge is -2.13. The number of thiophene rings is 1. The van der Waals surface area contributed by atoms with Crippen LogP contribution in [0.4, 0.5) is 5.69 Å². The van der Waals surface area contributed by atoms with Gasteiger partial charge in [0, 0.05) is 17.1 Å². The molecule has 0 aliphatic heterocycles. The summed E-state index contributed by atoms with van der Waals surface area (Å²) < 4.78 is 11.0. The molecule has 1 aliphatic rings. The maximum absolute atomic E-state index is 13.3. The van der Waals surface area contributed by atoms with E-state index in [4.69, 9.17) is 14.5 Å². The molecule has 9 nitrogen and oxygen atoms in total. The summed E-state index contributed by atoms with van der Waals surface area (Å²) in [6.45, 7) is 4.03. The van der Waals surface area contributed by atoms with Crippen molar-refractivity contribution in [3.63, 3.8) is 0 Å². The summed E-state index contributed by atoms with van der Waals surface area (Å²) in [7, 11) is 2.44. The van der Waals surface area contributed by atoms with Crippen molar-refractivity contribution in [2.75, 3.05) is 25.3 Å². The van der Waals surface area contributed by atoms with Gasteiger partial charge >= 0.3 is 11.9 Å². The number of ether oxygens (including phenoxy) is 2. The van der Waals surface area contributed by atoms with Crippen LogP contribution in [0, 0.1) is 0 Å². The van der Waals surface area contributed by atoms with E-state index in [1.165, 1.54) is 37.3 Å². The number of benzene rings is 1. The Balaban J connectivity index is 1.58. The highest BCUT2D eigenvalue weighted by atomic mass is 32.2. The second-order valence-electron chi connectivity index (χ2n) is 8.11. The zero-order valence-corrected chi connectivity index (χ0v) is 21.6. The number of allylic oxidation sites excluding steroid dienone is 1. The largest absolute Gasteiger partial charge is 0.465 e. The van der Waals surface area contributed by atoms with Gasteiger partial charge in [-0.2, -0.15) is 0 Å². The molecule has 1 aliphatic carbocycles. The van der Waals surface area contributed by atoms with E-state index in [-0.39, 0.29) is 34.7 Å². The molecule has 36 heavy (non-hydrogen) atoms. The Morgan fingerprint density at radius 2 is 1.81 bits per heavy atom. The first-order valence-electron chi connectivity index (χ1n) is 11.3. The van der Waals surface area contributed by atoms with E-state index >= 15 is 0 Å².